The second-order valence-corrected chi connectivity index (χ2v) is 9.47. The molecule has 2 aromatic rings. The standard InChI is InChI=1S/C27H24N2O3.2C2H6/c1-26(2)17-9-5-7-11-19(17)28-21(26)13-15-23(30)16(25(32)24(15)31)14-22-27(3,4)18-10-6-8-12-20(18)29-22;2*1-2/h5-14,28,30H,1-4H3;2*1-2H3. The average Bonchev–Trinajstić information content (AvgIpc) is 3.38. The molecule has 2 aromatic carbocycles. The van der Waals surface area contributed by atoms with Crippen LogP contribution in [0.25, 0.3) is 0 Å². The molecule has 0 atom stereocenters. The number of aliphatic imine (C=N–C) groups is 1. The summed E-state index contributed by atoms with van der Waals surface area (Å²) < 4.78 is 0. The lowest BCUT2D eigenvalue weighted by molar-refractivity contribution is -0.131. The quantitative estimate of drug-likeness (QED) is 0.347. The Labute approximate surface area is 214 Å². The second-order valence-electron chi connectivity index (χ2n) is 9.47. The van der Waals surface area contributed by atoms with E-state index in [1.165, 1.54) is 0 Å². The second kappa shape index (κ2) is 10.1. The van der Waals surface area contributed by atoms with Crippen molar-refractivity contribution in [2.75, 3.05) is 5.32 Å². The Balaban J connectivity index is 0.000000861. The highest BCUT2D eigenvalue weighted by molar-refractivity contribution is 6.54. The summed E-state index contributed by atoms with van der Waals surface area (Å²) in [6, 6.07) is 15.7. The van der Waals surface area contributed by atoms with Crippen LogP contribution in [-0.4, -0.2) is 22.4 Å². The lowest BCUT2D eigenvalue weighted by atomic mass is 9.81. The zero-order chi connectivity index (χ0) is 26.8. The summed E-state index contributed by atoms with van der Waals surface area (Å²) in [5.74, 6) is -1.71. The van der Waals surface area contributed by atoms with Gasteiger partial charge in [0.05, 0.1) is 22.5 Å². The molecule has 188 valence electrons. The lowest BCUT2D eigenvalue weighted by Gasteiger charge is -2.20. The van der Waals surface area contributed by atoms with Crippen molar-refractivity contribution >= 4 is 28.7 Å². The highest BCUT2D eigenvalue weighted by Gasteiger charge is 2.41. The number of fused-ring (bicyclic) bond motifs is 2. The van der Waals surface area contributed by atoms with E-state index in [-0.39, 0.29) is 16.9 Å². The molecule has 2 aliphatic heterocycles. The average molecular weight is 485 g/mol. The van der Waals surface area contributed by atoms with E-state index in [1.54, 1.807) is 12.2 Å². The Morgan fingerprint density at radius 1 is 0.778 bits per heavy atom. The molecule has 0 unspecified atom stereocenters. The van der Waals surface area contributed by atoms with Gasteiger partial charge in [0.25, 0.3) is 0 Å². The molecule has 0 amide bonds. The van der Waals surface area contributed by atoms with Crippen LogP contribution in [0.5, 0.6) is 0 Å². The van der Waals surface area contributed by atoms with Crippen molar-refractivity contribution in [3.63, 3.8) is 0 Å². The first-order valence-electron chi connectivity index (χ1n) is 12.6. The number of anilines is 1. The first-order valence-corrected chi connectivity index (χ1v) is 12.6. The van der Waals surface area contributed by atoms with Crippen molar-refractivity contribution in [1.29, 1.82) is 0 Å². The number of benzene rings is 2. The van der Waals surface area contributed by atoms with Crippen molar-refractivity contribution in [3.8, 4) is 0 Å². The number of hydrogen-bond donors (Lipinski definition) is 2. The molecule has 3 aliphatic rings. The number of rotatable bonds is 2. The SMILES string of the molecule is CC.CC.CC1(C)C(C=C2C(=O)C(=O)C(C=C3Nc4ccccc4C3(C)C)=C2O)=Nc2ccccc21. The third-order valence-electron chi connectivity index (χ3n) is 6.78. The summed E-state index contributed by atoms with van der Waals surface area (Å²) >= 11 is 0. The monoisotopic (exact) mass is 484 g/mol. The fourth-order valence-corrected chi connectivity index (χ4v) is 4.67. The summed E-state index contributed by atoms with van der Waals surface area (Å²) in [6.45, 7) is 16.1. The molecule has 0 spiro atoms. The van der Waals surface area contributed by atoms with Gasteiger partial charge in [0, 0.05) is 22.2 Å². The maximum absolute atomic E-state index is 12.8. The highest BCUT2D eigenvalue weighted by atomic mass is 16.3. The van der Waals surface area contributed by atoms with Gasteiger partial charge in [-0.15, -0.1) is 0 Å². The predicted molar refractivity (Wildman–Crippen MR) is 148 cm³/mol. The van der Waals surface area contributed by atoms with Crippen LogP contribution in [0.2, 0.25) is 0 Å². The van der Waals surface area contributed by atoms with Gasteiger partial charge in [-0.25, -0.2) is 0 Å². The van der Waals surface area contributed by atoms with E-state index >= 15 is 0 Å². The molecule has 1 aliphatic carbocycles. The molecule has 0 saturated carbocycles. The number of nitrogens with zero attached hydrogens (tertiary/aromatic N) is 1. The third kappa shape index (κ3) is 4.23. The molecule has 5 nitrogen and oxygen atoms in total. The van der Waals surface area contributed by atoms with Crippen LogP contribution in [0, 0.1) is 0 Å². The molecule has 36 heavy (non-hydrogen) atoms. The van der Waals surface area contributed by atoms with Crippen molar-refractivity contribution in [2.24, 2.45) is 4.99 Å². The number of nitrogens with one attached hydrogen (secondary N) is 1. The summed E-state index contributed by atoms with van der Waals surface area (Å²) in [7, 11) is 0. The van der Waals surface area contributed by atoms with E-state index in [9.17, 15) is 14.7 Å². The Morgan fingerprint density at radius 2 is 1.36 bits per heavy atom. The summed E-state index contributed by atoms with van der Waals surface area (Å²) in [5.41, 5.74) is 4.51. The molecule has 2 N–H and O–H groups in total. The molecule has 0 aromatic heterocycles. The van der Waals surface area contributed by atoms with Gasteiger partial charge in [0.15, 0.2) is 0 Å². The Kier molecular flexibility index (Phi) is 7.54. The van der Waals surface area contributed by atoms with E-state index in [1.807, 2.05) is 104 Å². The normalized spacial score (nSPS) is 20.7. The van der Waals surface area contributed by atoms with Gasteiger partial charge in [-0.05, 0) is 35.4 Å². The number of carbonyl (C=O) groups is 2. The maximum atomic E-state index is 12.8. The van der Waals surface area contributed by atoms with E-state index in [4.69, 9.17) is 0 Å². The van der Waals surface area contributed by atoms with Crippen LogP contribution in [0.3, 0.4) is 0 Å². The smallest absolute Gasteiger partial charge is 0.237 e. The first-order chi connectivity index (χ1) is 17.1. The highest BCUT2D eigenvalue weighted by Crippen LogP contribution is 2.44. The van der Waals surface area contributed by atoms with Crippen LogP contribution < -0.4 is 5.32 Å². The molecule has 5 rings (SSSR count). The molecule has 5 heteroatoms. The third-order valence-corrected chi connectivity index (χ3v) is 6.78. The molecule has 0 fully saturated rings. The number of carbonyl (C=O) groups excluding carboxylic acids is 2. The molecule has 0 bridgehead atoms. The molecule has 2 heterocycles. The molecule has 0 saturated heterocycles. The Hall–Kier alpha value is -3.73. The number of aliphatic hydroxyl groups excluding tert-OH is 1. The van der Waals surface area contributed by atoms with Crippen LogP contribution in [0.1, 0.15) is 66.5 Å². The van der Waals surface area contributed by atoms with Gasteiger partial charge in [-0.3, -0.25) is 14.6 Å². The van der Waals surface area contributed by atoms with Gasteiger partial charge in [0.2, 0.25) is 11.6 Å². The topological polar surface area (TPSA) is 78.8 Å². The maximum Gasteiger partial charge on any atom is 0.237 e. The largest absolute Gasteiger partial charge is 0.506 e. The van der Waals surface area contributed by atoms with Crippen molar-refractivity contribution in [3.05, 3.63) is 94.4 Å². The van der Waals surface area contributed by atoms with E-state index < -0.39 is 22.4 Å². The van der Waals surface area contributed by atoms with E-state index in [2.05, 4.69) is 10.3 Å². The lowest BCUT2D eigenvalue weighted by Crippen LogP contribution is -2.25. The first kappa shape index (κ1) is 26.9. The zero-order valence-electron chi connectivity index (χ0n) is 22.5. The van der Waals surface area contributed by atoms with Gasteiger partial charge >= 0.3 is 0 Å². The van der Waals surface area contributed by atoms with E-state index in [0.29, 0.717) is 5.71 Å². The van der Waals surface area contributed by atoms with Gasteiger partial charge in [0.1, 0.15) is 5.76 Å². The number of allylic oxidation sites excluding steroid dienone is 5. The minimum absolute atomic E-state index is 0.00482. The number of para-hydroxylation sites is 2. The molecular formula is C31H36N2O3. The number of aliphatic hydroxyl groups is 1. The van der Waals surface area contributed by atoms with E-state index in [0.717, 1.165) is 28.2 Å². The fraction of sp³-hybridized carbons (Fsp3) is 0.323. The summed E-state index contributed by atoms with van der Waals surface area (Å²) in [5, 5.41) is 14.3. The van der Waals surface area contributed by atoms with Crippen molar-refractivity contribution in [1.82, 2.24) is 0 Å². The fourth-order valence-electron chi connectivity index (χ4n) is 4.67. The number of ketones is 2. The molecular weight excluding hydrogens is 448 g/mol. The van der Waals surface area contributed by atoms with Gasteiger partial charge < -0.3 is 10.4 Å². The van der Waals surface area contributed by atoms with Crippen molar-refractivity contribution in [2.45, 2.75) is 66.2 Å². The zero-order valence-corrected chi connectivity index (χ0v) is 22.5. The molecule has 0 radical (unpaired) electrons. The van der Waals surface area contributed by atoms with Crippen molar-refractivity contribution < 1.29 is 14.7 Å². The van der Waals surface area contributed by atoms with Crippen LogP contribution in [0.15, 0.2) is 88.3 Å². The van der Waals surface area contributed by atoms with Gasteiger partial charge in [-0.1, -0.05) is 91.8 Å². The number of Topliss-reactive ketones (excluding diaryl/α,β-unsaturated/α-hetero) is 2. The number of hydrogen-bond acceptors (Lipinski definition) is 5. The summed E-state index contributed by atoms with van der Waals surface area (Å²) in [6.07, 6.45) is 3.16. The Morgan fingerprint density at radius 3 is 1.97 bits per heavy atom. The van der Waals surface area contributed by atoms with Crippen LogP contribution in [-0.2, 0) is 20.4 Å². The Bertz CT molecular complexity index is 1340. The minimum atomic E-state index is -0.711. The minimum Gasteiger partial charge on any atom is -0.506 e. The predicted octanol–water partition coefficient (Wildman–Crippen LogP) is 7.28. The summed E-state index contributed by atoms with van der Waals surface area (Å²) in [4.78, 5) is 30.3. The van der Waals surface area contributed by atoms with Gasteiger partial charge in [-0.2, -0.15) is 0 Å². The van der Waals surface area contributed by atoms with Crippen LogP contribution >= 0.6 is 0 Å². The van der Waals surface area contributed by atoms with Crippen LogP contribution in [0.4, 0.5) is 11.4 Å².